The molecule has 0 fully saturated rings. The molecule has 0 aliphatic rings. The van der Waals surface area contributed by atoms with Gasteiger partial charge in [-0.3, -0.25) is 0 Å². The first-order chi connectivity index (χ1) is 9.46. The summed E-state index contributed by atoms with van der Waals surface area (Å²) in [4.78, 5) is 7.94. The molecule has 7 heteroatoms. The van der Waals surface area contributed by atoms with Crippen molar-refractivity contribution in [1.82, 2.24) is 14.5 Å². The van der Waals surface area contributed by atoms with Gasteiger partial charge in [0.05, 0.1) is 18.2 Å². The third-order valence-electron chi connectivity index (χ3n) is 2.90. The first kappa shape index (κ1) is 14.4. The Morgan fingerprint density at radius 3 is 2.75 bits per heavy atom. The molecule has 0 unspecified atom stereocenters. The molecule has 4 nitrogen and oxygen atoms in total. The number of nitrogens with zero attached hydrogens (tertiary/aromatic N) is 3. The monoisotopic (exact) mass is 284 g/mol. The number of hydrogen-bond acceptors (Lipinski definition) is 3. The number of anilines is 1. The minimum Gasteiger partial charge on any atom is -0.384 e. The summed E-state index contributed by atoms with van der Waals surface area (Å²) in [6, 6.07) is 3.50. The molecule has 0 aliphatic heterocycles. The van der Waals surface area contributed by atoms with Gasteiger partial charge in [0.1, 0.15) is 5.82 Å². The molecule has 2 N–H and O–H groups in total. The van der Waals surface area contributed by atoms with E-state index < -0.39 is 12.6 Å². The van der Waals surface area contributed by atoms with Crippen LogP contribution in [0.5, 0.6) is 0 Å². The summed E-state index contributed by atoms with van der Waals surface area (Å²) >= 11 is 0. The third-order valence-corrected chi connectivity index (χ3v) is 2.90. The van der Waals surface area contributed by atoms with E-state index in [2.05, 4.69) is 9.97 Å². The van der Waals surface area contributed by atoms with E-state index >= 15 is 0 Å². The first-order valence-electron chi connectivity index (χ1n) is 6.24. The Labute approximate surface area is 114 Å². The second-order valence-electron chi connectivity index (χ2n) is 4.51. The fourth-order valence-corrected chi connectivity index (χ4v) is 1.95. The second-order valence-corrected chi connectivity index (χ2v) is 4.51. The summed E-state index contributed by atoms with van der Waals surface area (Å²) in [5, 5.41) is 0. The third kappa shape index (κ3) is 3.97. The lowest BCUT2D eigenvalue weighted by Crippen LogP contribution is -2.07. The van der Waals surface area contributed by atoms with Crippen molar-refractivity contribution in [2.45, 2.75) is 32.0 Å². The van der Waals surface area contributed by atoms with Crippen LogP contribution in [0.15, 0.2) is 30.9 Å². The van der Waals surface area contributed by atoms with E-state index in [-0.39, 0.29) is 6.42 Å². The summed E-state index contributed by atoms with van der Waals surface area (Å²) in [6.07, 6.45) is 0.587. The van der Waals surface area contributed by atoms with Gasteiger partial charge >= 0.3 is 6.18 Å². The Balaban J connectivity index is 1.99. The number of aromatic nitrogens is 3. The van der Waals surface area contributed by atoms with Gasteiger partial charge in [0.2, 0.25) is 0 Å². The number of hydrogen-bond donors (Lipinski definition) is 1. The Hall–Kier alpha value is -2.05. The van der Waals surface area contributed by atoms with Crippen LogP contribution >= 0.6 is 0 Å². The van der Waals surface area contributed by atoms with Crippen LogP contribution in [0.4, 0.5) is 19.0 Å². The first-order valence-corrected chi connectivity index (χ1v) is 6.24. The summed E-state index contributed by atoms with van der Waals surface area (Å²) in [5.74, 6) is 0.396. The van der Waals surface area contributed by atoms with Gasteiger partial charge in [0.25, 0.3) is 0 Å². The van der Waals surface area contributed by atoms with Crippen LogP contribution in [0.2, 0.25) is 0 Å². The fraction of sp³-hybridized carbons (Fsp3) is 0.385. The van der Waals surface area contributed by atoms with Crippen molar-refractivity contribution < 1.29 is 13.2 Å². The van der Waals surface area contributed by atoms with Crippen LogP contribution in [0.25, 0.3) is 11.3 Å². The van der Waals surface area contributed by atoms with Crippen molar-refractivity contribution in [3.8, 4) is 11.3 Å². The lowest BCUT2D eigenvalue weighted by molar-refractivity contribution is -0.135. The zero-order valence-corrected chi connectivity index (χ0v) is 10.8. The summed E-state index contributed by atoms with van der Waals surface area (Å²) < 4.78 is 38.0. The van der Waals surface area contributed by atoms with Crippen molar-refractivity contribution in [2.75, 3.05) is 5.73 Å². The highest BCUT2D eigenvalue weighted by atomic mass is 19.4. The highest BCUT2D eigenvalue weighted by Gasteiger charge is 2.25. The molecule has 2 heterocycles. The van der Waals surface area contributed by atoms with Crippen molar-refractivity contribution in [3.05, 3.63) is 30.9 Å². The fourth-order valence-electron chi connectivity index (χ4n) is 1.95. The molecule has 0 aromatic carbocycles. The van der Waals surface area contributed by atoms with Gasteiger partial charge in [-0.1, -0.05) is 0 Å². The zero-order chi connectivity index (χ0) is 14.6. The van der Waals surface area contributed by atoms with E-state index in [0.717, 1.165) is 11.3 Å². The van der Waals surface area contributed by atoms with Gasteiger partial charge in [-0.05, 0) is 25.0 Å². The van der Waals surface area contributed by atoms with Crippen LogP contribution in [0.1, 0.15) is 19.3 Å². The van der Waals surface area contributed by atoms with Crippen LogP contribution in [0, 0.1) is 0 Å². The van der Waals surface area contributed by atoms with E-state index in [4.69, 9.17) is 5.73 Å². The van der Waals surface area contributed by atoms with Crippen molar-refractivity contribution in [1.29, 1.82) is 0 Å². The SMILES string of the molecule is Nc1cc(-c2cncn2CCCCC(F)(F)F)ccn1. The number of aryl methyl sites for hydroxylation is 1. The maximum Gasteiger partial charge on any atom is 0.389 e. The van der Waals surface area contributed by atoms with Crippen molar-refractivity contribution >= 4 is 5.82 Å². The zero-order valence-electron chi connectivity index (χ0n) is 10.8. The van der Waals surface area contributed by atoms with Crippen LogP contribution in [-0.4, -0.2) is 20.7 Å². The molecule has 20 heavy (non-hydrogen) atoms. The van der Waals surface area contributed by atoms with E-state index in [1.165, 1.54) is 0 Å². The quantitative estimate of drug-likeness (QED) is 0.857. The molecule has 108 valence electrons. The number of alkyl halides is 3. The average Bonchev–Trinajstić information content (AvgIpc) is 2.82. The molecule has 2 aromatic rings. The molecule has 0 bridgehead atoms. The maximum atomic E-state index is 12.1. The Kier molecular flexibility index (Phi) is 4.26. The molecule has 0 amide bonds. The van der Waals surface area contributed by atoms with E-state index in [0.29, 0.717) is 18.8 Å². The molecule has 0 saturated carbocycles. The van der Waals surface area contributed by atoms with E-state index in [1.54, 1.807) is 30.9 Å². The predicted molar refractivity (Wildman–Crippen MR) is 69.8 cm³/mol. The Morgan fingerprint density at radius 1 is 1.25 bits per heavy atom. The summed E-state index contributed by atoms with van der Waals surface area (Å²) in [5.41, 5.74) is 7.30. The summed E-state index contributed by atoms with van der Waals surface area (Å²) in [6.45, 7) is 0.494. The number of pyridine rings is 1. The maximum absolute atomic E-state index is 12.1. The number of nitrogens with two attached hydrogens (primary N) is 1. The van der Waals surface area contributed by atoms with Gasteiger partial charge in [-0.25, -0.2) is 9.97 Å². The molecule has 0 saturated heterocycles. The second kappa shape index (κ2) is 5.94. The van der Waals surface area contributed by atoms with Gasteiger partial charge in [-0.15, -0.1) is 0 Å². The standard InChI is InChI=1S/C13H15F3N4/c14-13(15,16)4-1-2-6-20-9-18-8-11(20)10-3-5-19-12(17)7-10/h3,5,7-9H,1-2,4,6H2,(H2,17,19). The molecule has 2 aromatic heterocycles. The van der Waals surface area contributed by atoms with E-state index in [9.17, 15) is 13.2 Å². The van der Waals surface area contributed by atoms with Gasteiger partial charge < -0.3 is 10.3 Å². The molecular formula is C13H15F3N4. The normalized spacial score (nSPS) is 11.8. The lowest BCUT2D eigenvalue weighted by Gasteiger charge is -2.09. The van der Waals surface area contributed by atoms with Crippen molar-refractivity contribution in [3.63, 3.8) is 0 Å². The van der Waals surface area contributed by atoms with E-state index in [1.807, 2.05) is 4.57 Å². The van der Waals surface area contributed by atoms with Crippen LogP contribution in [0.3, 0.4) is 0 Å². The highest BCUT2D eigenvalue weighted by Crippen LogP contribution is 2.24. The lowest BCUT2D eigenvalue weighted by atomic mass is 10.2. The molecular weight excluding hydrogens is 269 g/mol. The predicted octanol–water partition coefficient (Wildman–Crippen LogP) is 3.26. The number of halogens is 3. The van der Waals surface area contributed by atoms with Crippen molar-refractivity contribution in [2.24, 2.45) is 0 Å². The Bertz CT molecular complexity index is 563. The highest BCUT2D eigenvalue weighted by molar-refractivity contribution is 5.61. The minimum absolute atomic E-state index is 0.111. The minimum atomic E-state index is -4.09. The van der Waals surface area contributed by atoms with Gasteiger partial charge in [0.15, 0.2) is 0 Å². The summed E-state index contributed by atoms with van der Waals surface area (Å²) in [7, 11) is 0. The largest absolute Gasteiger partial charge is 0.389 e. The number of unbranched alkanes of at least 4 members (excludes halogenated alkanes) is 1. The molecule has 2 rings (SSSR count). The number of imidazole rings is 1. The molecule has 0 atom stereocenters. The molecule has 0 radical (unpaired) electrons. The van der Waals surface area contributed by atoms with Gasteiger partial charge in [-0.2, -0.15) is 13.2 Å². The number of rotatable bonds is 5. The van der Waals surface area contributed by atoms with Crippen LogP contribution in [-0.2, 0) is 6.54 Å². The molecule has 0 spiro atoms. The smallest absolute Gasteiger partial charge is 0.384 e. The topological polar surface area (TPSA) is 56.7 Å². The van der Waals surface area contributed by atoms with Crippen LogP contribution < -0.4 is 5.73 Å². The average molecular weight is 284 g/mol. The Morgan fingerprint density at radius 2 is 2.05 bits per heavy atom. The number of nitrogen functional groups attached to an aromatic ring is 1. The van der Waals surface area contributed by atoms with Gasteiger partial charge in [0, 0.05) is 24.7 Å². The molecule has 0 aliphatic carbocycles.